The fourth-order valence-electron chi connectivity index (χ4n) is 2.62. The summed E-state index contributed by atoms with van der Waals surface area (Å²) in [5, 5.41) is 12.3. The van der Waals surface area contributed by atoms with Crippen molar-refractivity contribution in [2.24, 2.45) is 0 Å². The van der Waals surface area contributed by atoms with Gasteiger partial charge in [0.2, 0.25) is 0 Å². The molecule has 0 radical (unpaired) electrons. The molecule has 1 heterocycles. The Morgan fingerprint density at radius 3 is 2.38 bits per heavy atom. The molecule has 0 atom stereocenters. The highest BCUT2D eigenvalue weighted by Crippen LogP contribution is 2.42. The summed E-state index contributed by atoms with van der Waals surface area (Å²) in [6.07, 6.45) is 1.33. The number of benzene rings is 2. The smallest absolute Gasteiger partial charge is 0.335 e. The van der Waals surface area contributed by atoms with Gasteiger partial charge in [0, 0.05) is 8.95 Å². The second-order valence-electron chi connectivity index (χ2n) is 5.81. The summed E-state index contributed by atoms with van der Waals surface area (Å²) >= 11 is 9.87. The van der Waals surface area contributed by atoms with E-state index in [-0.39, 0.29) is 17.1 Å². The molecule has 2 aromatic carbocycles. The number of carbonyl (C=O) groups excluding carboxylic acids is 3. The molecule has 0 spiro atoms. The average Bonchev–Trinajstić information content (AvgIpc) is 2.68. The number of halogens is 3. The average molecular weight is 589 g/mol. The molecule has 0 aromatic heterocycles. The van der Waals surface area contributed by atoms with Crippen LogP contribution in [0.15, 0.2) is 49.3 Å². The van der Waals surface area contributed by atoms with Crippen LogP contribution < -0.4 is 15.0 Å². The van der Waals surface area contributed by atoms with Gasteiger partial charge in [-0.25, -0.2) is 9.69 Å². The highest BCUT2D eigenvalue weighted by atomic mass is 79.9. The zero-order valence-electron chi connectivity index (χ0n) is 14.8. The van der Waals surface area contributed by atoms with Crippen molar-refractivity contribution in [2.45, 2.75) is 6.92 Å². The maximum Gasteiger partial charge on any atom is 0.335 e. The lowest BCUT2D eigenvalue weighted by molar-refractivity contribution is -0.122. The number of phenolic OH excluding ortho intramolecular Hbond substituents is 1. The minimum atomic E-state index is -0.833. The number of urea groups is 1. The van der Waals surface area contributed by atoms with Crippen molar-refractivity contribution in [3.8, 4) is 11.5 Å². The first kappa shape index (κ1) is 21.5. The highest BCUT2D eigenvalue weighted by molar-refractivity contribution is 9.13. The van der Waals surface area contributed by atoms with Gasteiger partial charge in [0.15, 0.2) is 11.5 Å². The van der Waals surface area contributed by atoms with Gasteiger partial charge in [-0.2, -0.15) is 0 Å². The molecule has 10 heteroatoms. The van der Waals surface area contributed by atoms with E-state index in [1.54, 1.807) is 31.2 Å². The summed E-state index contributed by atoms with van der Waals surface area (Å²) in [6, 6.07) is 7.17. The number of carbonyl (C=O) groups is 3. The van der Waals surface area contributed by atoms with E-state index in [1.165, 1.54) is 12.1 Å². The van der Waals surface area contributed by atoms with Gasteiger partial charge in [-0.1, -0.05) is 15.9 Å². The van der Waals surface area contributed by atoms with E-state index in [9.17, 15) is 19.5 Å². The molecule has 1 fully saturated rings. The Morgan fingerprint density at radius 2 is 1.76 bits per heavy atom. The van der Waals surface area contributed by atoms with Crippen LogP contribution in [0.2, 0.25) is 0 Å². The Kier molecular flexibility index (Phi) is 6.45. The van der Waals surface area contributed by atoms with Crippen LogP contribution in [0.5, 0.6) is 11.5 Å². The standard InChI is InChI=1S/C19H13Br3N2O5/c1-2-29-13-8-9(14(21)15(22)16(13)25)7-12-17(26)23-19(28)24(18(12)27)11-5-3-10(20)4-6-11/h3-8,25H,2H2,1H3,(H,23,26,28)/b12-7+. The number of imide groups is 2. The van der Waals surface area contributed by atoms with Crippen LogP contribution in [0, 0.1) is 0 Å². The van der Waals surface area contributed by atoms with Gasteiger partial charge in [-0.3, -0.25) is 14.9 Å². The zero-order chi connectivity index (χ0) is 21.3. The number of rotatable bonds is 4. The van der Waals surface area contributed by atoms with Crippen molar-refractivity contribution in [1.29, 1.82) is 0 Å². The van der Waals surface area contributed by atoms with Crippen molar-refractivity contribution >= 4 is 77.4 Å². The summed E-state index contributed by atoms with van der Waals surface area (Å²) < 4.78 is 6.89. The number of amides is 4. The van der Waals surface area contributed by atoms with Crippen LogP contribution >= 0.6 is 47.8 Å². The topological polar surface area (TPSA) is 95.9 Å². The lowest BCUT2D eigenvalue weighted by Crippen LogP contribution is -2.54. The maximum atomic E-state index is 13.0. The van der Waals surface area contributed by atoms with Crippen molar-refractivity contribution in [2.75, 3.05) is 11.5 Å². The third-order valence-electron chi connectivity index (χ3n) is 3.96. The van der Waals surface area contributed by atoms with Crippen molar-refractivity contribution in [3.63, 3.8) is 0 Å². The number of nitrogens with zero attached hydrogens (tertiary/aromatic N) is 1. The minimum absolute atomic E-state index is 0.119. The number of ether oxygens (including phenoxy) is 1. The largest absolute Gasteiger partial charge is 0.503 e. The summed E-state index contributed by atoms with van der Waals surface area (Å²) in [7, 11) is 0. The normalized spacial score (nSPS) is 15.7. The lowest BCUT2D eigenvalue weighted by atomic mass is 10.1. The molecule has 2 N–H and O–H groups in total. The van der Waals surface area contributed by atoms with Crippen LogP contribution in [0.4, 0.5) is 10.5 Å². The highest BCUT2D eigenvalue weighted by Gasteiger charge is 2.37. The number of anilines is 1. The second-order valence-corrected chi connectivity index (χ2v) is 8.31. The SMILES string of the molecule is CCOc1cc(/C=C2\C(=O)NC(=O)N(c3ccc(Br)cc3)C2=O)c(Br)c(Br)c1O. The van der Waals surface area contributed by atoms with Gasteiger partial charge >= 0.3 is 6.03 Å². The predicted octanol–water partition coefficient (Wildman–Crippen LogP) is 4.74. The number of nitrogens with one attached hydrogen (secondary N) is 1. The molecule has 2 aromatic rings. The van der Waals surface area contributed by atoms with Crippen molar-refractivity contribution < 1.29 is 24.2 Å². The van der Waals surface area contributed by atoms with E-state index < -0.39 is 17.8 Å². The molecule has 7 nitrogen and oxygen atoms in total. The summed E-state index contributed by atoms with van der Waals surface area (Å²) in [5.74, 6) is -1.52. The summed E-state index contributed by atoms with van der Waals surface area (Å²) in [4.78, 5) is 38.5. The van der Waals surface area contributed by atoms with E-state index in [4.69, 9.17) is 4.74 Å². The number of phenols is 1. The zero-order valence-corrected chi connectivity index (χ0v) is 19.6. The third kappa shape index (κ3) is 4.24. The molecule has 150 valence electrons. The van der Waals surface area contributed by atoms with Crippen LogP contribution in [0.1, 0.15) is 12.5 Å². The summed E-state index contributed by atoms with van der Waals surface area (Å²) in [5.41, 5.74) is 0.477. The van der Waals surface area contributed by atoms with Gasteiger partial charge in [0.05, 0.1) is 16.8 Å². The molecule has 0 aliphatic carbocycles. The van der Waals surface area contributed by atoms with Crippen LogP contribution in [-0.4, -0.2) is 29.6 Å². The van der Waals surface area contributed by atoms with Gasteiger partial charge in [0.25, 0.3) is 11.8 Å². The Morgan fingerprint density at radius 1 is 1.10 bits per heavy atom. The van der Waals surface area contributed by atoms with Crippen LogP contribution in [0.3, 0.4) is 0 Å². The molecule has 4 amide bonds. The third-order valence-corrected chi connectivity index (χ3v) is 6.65. The summed E-state index contributed by atoms with van der Waals surface area (Å²) in [6.45, 7) is 2.07. The lowest BCUT2D eigenvalue weighted by Gasteiger charge is -2.26. The molecule has 1 saturated heterocycles. The van der Waals surface area contributed by atoms with E-state index >= 15 is 0 Å². The van der Waals surface area contributed by atoms with E-state index in [0.717, 1.165) is 9.37 Å². The fraction of sp³-hybridized carbons (Fsp3) is 0.105. The number of hydrogen-bond donors (Lipinski definition) is 2. The number of hydrogen-bond acceptors (Lipinski definition) is 5. The van der Waals surface area contributed by atoms with Gasteiger partial charge < -0.3 is 9.84 Å². The quantitative estimate of drug-likeness (QED) is 0.397. The molecule has 1 aliphatic rings. The first-order chi connectivity index (χ1) is 13.7. The molecule has 29 heavy (non-hydrogen) atoms. The van der Waals surface area contributed by atoms with Crippen molar-refractivity contribution in [1.82, 2.24) is 5.32 Å². The van der Waals surface area contributed by atoms with E-state index in [0.29, 0.717) is 26.8 Å². The maximum absolute atomic E-state index is 13.0. The predicted molar refractivity (Wildman–Crippen MR) is 118 cm³/mol. The van der Waals surface area contributed by atoms with Crippen molar-refractivity contribution in [3.05, 3.63) is 54.9 Å². The first-order valence-electron chi connectivity index (χ1n) is 8.25. The first-order valence-corrected chi connectivity index (χ1v) is 10.6. The Hall–Kier alpha value is -2.17. The van der Waals surface area contributed by atoms with Gasteiger partial charge in [0.1, 0.15) is 5.57 Å². The molecule has 1 aliphatic heterocycles. The second kappa shape index (κ2) is 8.68. The molecule has 3 rings (SSSR count). The fourth-order valence-corrected chi connectivity index (χ4v) is 3.73. The molecule has 0 saturated carbocycles. The number of barbiturate groups is 1. The molecule has 0 bridgehead atoms. The number of aromatic hydroxyl groups is 1. The Labute approximate surface area is 191 Å². The van der Waals surface area contributed by atoms with E-state index in [1.807, 2.05) is 0 Å². The van der Waals surface area contributed by atoms with Gasteiger partial charge in [-0.15, -0.1) is 0 Å². The monoisotopic (exact) mass is 586 g/mol. The molecular weight excluding hydrogens is 576 g/mol. The molecule has 0 unspecified atom stereocenters. The molecular formula is C19H13Br3N2O5. The van der Waals surface area contributed by atoms with Crippen LogP contribution in [0.25, 0.3) is 6.08 Å². The van der Waals surface area contributed by atoms with E-state index in [2.05, 4.69) is 53.1 Å². The minimum Gasteiger partial charge on any atom is -0.503 e. The van der Waals surface area contributed by atoms with Crippen LogP contribution in [-0.2, 0) is 9.59 Å². The Bertz CT molecular complexity index is 1050. The Balaban J connectivity index is 2.08. The van der Waals surface area contributed by atoms with Gasteiger partial charge in [-0.05, 0) is 80.8 Å².